The Bertz CT molecular complexity index is 173. The zero-order chi connectivity index (χ0) is 11.0. The van der Waals surface area contributed by atoms with Gasteiger partial charge in [0.15, 0.2) is 0 Å². The lowest BCUT2D eigenvalue weighted by Crippen LogP contribution is -2.41. The maximum atomic E-state index is 10.9. The fraction of sp³-hybridized carbons (Fsp3) is 0.889. The first kappa shape index (κ1) is 13.6. The van der Waals surface area contributed by atoms with E-state index in [1.807, 2.05) is 6.26 Å². The summed E-state index contributed by atoms with van der Waals surface area (Å²) in [5.74, 6) is 0.873. The van der Waals surface area contributed by atoms with E-state index in [1.54, 1.807) is 25.6 Å². The smallest absolute Gasteiger partial charge is 0.407 e. The van der Waals surface area contributed by atoms with Crippen molar-refractivity contribution in [1.82, 2.24) is 5.32 Å². The first-order valence-corrected chi connectivity index (χ1v) is 6.03. The van der Waals surface area contributed by atoms with Crippen LogP contribution in [-0.4, -0.2) is 42.0 Å². The van der Waals surface area contributed by atoms with E-state index in [0.29, 0.717) is 13.0 Å². The minimum atomic E-state index is -0.851. The number of amides is 1. The Morgan fingerprint density at radius 3 is 2.79 bits per heavy atom. The summed E-state index contributed by atoms with van der Waals surface area (Å²) in [6.45, 7) is 4.02. The Kier molecular flexibility index (Phi) is 6.74. The molecule has 0 spiro atoms. The van der Waals surface area contributed by atoms with Crippen molar-refractivity contribution in [3.05, 3.63) is 0 Å². The van der Waals surface area contributed by atoms with Crippen LogP contribution in [0.3, 0.4) is 0 Å². The molecule has 0 unspecified atom stereocenters. The molecule has 14 heavy (non-hydrogen) atoms. The van der Waals surface area contributed by atoms with Gasteiger partial charge in [-0.3, -0.25) is 0 Å². The van der Waals surface area contributed by atoms with Crippen LogP contribution in [0.4, 0.5) is 4.79 Å². The van der Waals surface area contributed by atoms with Crippen LogP contribution in [0.1, 0.15) is 20.3 Å². The third kappa shape index (κ3) is 7.03. The van der Waals surface area contributed by atoms with Gasteiger partial charge in [-0.05, 0) is 32.3 Å². The summed E-state index contributed by atoms with van der Waals surface area (Å²) in [6.07, 6.45) is 2.16. The molecule has 0 rings (SSSR count). The Hall–Kier alpha value is -0.420. The van der Waals surface area contributed by atoms with Crippen LogP contribution < -0.4 is 5.32 Å². The lowest BCUT2D eigenvalue weighted by molar-refractivity contribution is 0.0542. The van der Waals surface area contributed by atoms with Crippen molar-refractivity contribution < 1.29 is 14.6 Å². The largest absolute Gasteiger partial charge is 0.450 e. The van der Waals surface area contributed by atoms with E-state index in [1.165, 1.54) is 0 Å². The molecule has 0 aliphatic heterocycles. The Morgan fingerprint density at radius 1 is 1.64 bits per heavy atom. The highest BCUT2D eigenvalue weighted by Crippen LogP contribution is 2.11. The number of hydrogen-bond acceptors (Lipinski definition) is 4. The van der Waals surface area contributed by atoms with E-state index < -0.39 is 11.7 Å². The van der Waals surface area contributed by atoms with E-state index in [-0.39, 0.29) is 6.54 Å². The average Bonchev–Trinajstić information content (AvgIpc) is 2.13. The number of carbonyl (C=O) groups is 1. The van der Waals surface area contributed by atoms with Crippen molar-refractivity contribution in [3.63, 3.8) is 0 Å². The molecule has 4 nitrogen and oxygen atoms in total. The van der Waals surface area contributed by atoms with Gasteiger partial charge in [0, 0.05) is 6.54 Å². The second-order valence-corrected chi connectivity index (χ2v) is 4.30. The van der Waals surface area contributed by atoms with Gasteiger partial charge in [-0.15, -0.1) is 0 Å². The van der Waals surface area contributed by atoms with Gasteiger partial charge in [0.2, 0.25) is 0 Å². The average molecular weight is 221 g/mol. The van der Waals surface area contributed by atoms with Crippen molar-refractivity contribution in [1.29, 1.82) is 0 Å². The lowest BCUT2D eigenvalue weighted by Gasteiger charge is -2.22. The summed E-state index contributed by atoms with van der Waals surface area (Å²) < 4.78 is 4.68. The molecule has 0 saturated carbocycles. The predicted octanol–water partition coefficient (Wildman–Crippen LogP) is 1.24. The number of carbonyl (C=O) groups excluding carboxylic acids is 1. The molecule has 0 fully saturated rings. The first-order valence-electron chi connectivity index (χ1n) is 4.64. The van der Waals surface area contributed by atoms with Crippen molar-refractivity contribution in [3.8, 4) is 0 Å². The van der Waals surface area contributed by atoms with E-state index in [4.69, 9.17) is 0 Å². The number of alkyl carbamates (subject to hydrolysis) is 1. The molecule has 0 aliphatic rings. The second-order valence-electron chi connectivity index (χ2n) is 3.31. The SMILES string of the molecule is CCOC(=O)NC[C@@](C)(O)CCSC. The third-order valence-corrected chi connectivity index (χ3v) is 2.35. The Balaban J connectivity index is 3.68. The topological polar surface area (TPSA) is 58.6 Å². The van der Waals surface area contributed by atoms with E-state index in [0.717, 1.165) is 5.75 Å². The standard InChI is InChI=1S/C9H19NO3S/c1-4-13-8(11)10-7-9(2,12)5-6-14-3/h12H,4-7H2,1-3H3,(H,10,11)/t9-/m0/s1. The number of thioether (sulfide) groups is 1. The predicted molar refractivity (Wildman–Crippen MR) is 58.6 cm³/mol. The fourth-order valence-electron chi connectivity index (χ4n) is 0.855. The van der Waals surface area contributed by atoms with Crippen LogP contribution in [0.2, 0.25) is 0 Å². The molecule has 5 heteroatoms. The molecule has 0 heterocycles. The van der Waals surface area contributed by atoms with Gasteiger partial charge in [-0.1, -0.05) is 0 Å². The molecule has 0 aromatic carbocycles. The lowest BCUT2D eigenvalue weighted by atomic mass is 10.0. The fourth-order valence-corrected chi connectivity index (χ4v) is 1.50. The summed E-state index contributed by atoms with van der Waals surface area (Å²) in [6, 6.07) is 0. The normalized spacial score (nSPS) is 14.6. The Labute approximate surface area is 89.4 Å². The molecule has 0 aliphatic carbocycles. The summed E-state index contributed by atoms with van der Waals surface area (Å²) in [5, 5.41) is 12.3. The van der Waals surface area contributed by atoms with Gasteiger partial charge in [0.05, 0.1) is 12.2 Å². The van der Waals surface area contributed by atoms with Gasteiger partial charge in [-0.25, -0.2) is 4.79 Å². The van der Waals surface area contributed by atoms with Gasteiger partial charge in [0.25, 0.3) is 0 Å². The molecule has 84 valence electrons. The molecule has 2 N–H and O–H groups in total. The molecule has 1 amide bonds. The van der Waals surface area contributed by atoms with Gasteiger partial charge < -0.3 is 15.2 Å². The van der Waals surface area contributed by atoms with E-state index in [2.05, 4.69) is 10.1 Å². The van der Waals surface area contributed by atoms with E-state index in [9.17, 15) is 9.90 Å². The van der Waals surface area contributed by atoms with Crippen LogP contribution in [0.15, 0.2) is 0 Å². The molecular weight excluding hydrogens is 202 g/mol. The molecule has 0 bridgehead atoms. The summed E-state index contributed by atoms with van der Waals surface area (Å²) >= 11 is 1.67. The summed E-state index contributed by atoms with van der Waals surface area (Å²) in [4.78, 5) is 10.9. The maximum Gasteiger partial charge on any atom is 0.407 e. The molecule has 0 aromatic heterocycles. The molecule has 1 atom stereocenters. The van der Waals surface area contributed by atoms with Crippen LogP contribution >= 0.6 is 11.8 Å². The minimum absolute atomic E-state index is 0.229. The summed E-state index contributed by atoms with van der Waals surface area (Å²) in [7, 11) is 0. The highest BCUT2D eigenvalue weighted by Gasteiger charge is 2.20. The summed E-state index contributed by atoms with van der Waals surface area (Å²) in [5.41, 5.74) is -0.851. The quantitative estimate of drug-likeness (QED) is 0.708. The third-order valence-electron chi connectivity index (χ3n) is 1.73. The maximum absolute atomic E-state index is 10.9. The first-order chi connectivity index (χ1) is 6.52. The second kappa shape index (κ2) is 6.95. The van der Waals surface area contributed by atoms with Gasteiger partial charge in [-0.2, -0.15) is 11.8 Å². The van der Waals surface area contributed by atoms with Crippen molar-refractivity contribution in [2.75, 3.05) is 25.2 Å². The Morgan fingerprint density at radius 2 is 2.29 bits per heavy atom. The highest BCUT2D eigenvalue weighted by molar-refractivity contribution is 7.98. The molecule has 0 aromatic rings. The molecule has 0 saturated heterocycles. The number of hydrogen-bond donors (Lipinski definition) is 2. The van der Waals surface area contributed by atoms with Crippen molar-refractivity contribution >= 4 is 17.9 Å². The number of ether oxygens (including phenoxy) is 1. The van der Waals surface area contributed by atoms with Crippen molar-refractivity contribution in [2.45, 2.75) is 25.9 Å². The zero-order valence-electron chi connectivity index (χ0n) is 9.00. The minimum Gasteiger partial charge on any atom is -0.450 e. The van der Waals surface area contributed by atoms with Crippen LogP contribution in [0, 0.1) is 0 Å². The van der Waals surface area contributed by atoms with Crippen LogP contribution in [0.25, 0.3) is 0 Å². The van der Waals surface area contributed by atoms with Gasteiger partial charge >= 0.3 is 6.09 Å². The molecular formula is C9H19NO3S. The zero-order valence-corrected chi connectivity index (χ0v) is 9.82. The highest BCUT2D eigenvalue weighted by atomic mass is 32.2. The monoisotopic (exact) mass is 221 g/mol. The number of nitrogens with one attached hydrogen (secondary N) is 1. The van der Waals surface area contributed by atoms with Gasteiger partial charge in [0.1, 0.15) is 0 Å². The van der Waals surface area contributed by atoms with Crippen molar-refractivity contribution in [2.24, 2.45) is 0 Å². The number of rotatable bonds is 6. The van der Waals surface area contributed by atoms with Crippen LogP contribution in [-0.2, 0) is 4.74 Å². The van der Waals surface area contributed by atoms with Crippen LogP contribution in [0.5, 0.6) is 0 Å². The molecule has 0 radical (unpaired) electrons. The number of aliphatic hydroxyl groups is 1. The van der Waals surface area contributed by atoms with E-state index >= 15 is 0 Å².